The molecule has 0 atom stereocenters. The van der Waals surface area contributed by atoms with Gasteiger partial charge < -0.3 is 4.90 Å². The number of benzene rings is 1. The van der Waals surface area contributed by atoms with Crippen molar-refractivity contribution in [2.75, 3.05) is 18.0 Å². The average molecular weight is 335 g/mol. The lowest BCUT2D eigenvalue weighted by Crippen LogP contribution is -2.40. The van der Waals surface area contributed by atoms with Crippen molar-refractivity contribution in [1.29, 1.82) is 0 Å². The SMILES string of the molecule is CC(=O)c1c(F)cc(N(CC(F)(F)F)CC(F)(F)F)cc1F. The van der Waals surface area contributed by atoms with Crippen LogP contribution in [0.4, 0.5) is 40.8 Å². The van der Waals surface area contributed by atoms with Crippen molar-refractivity contribution in [3.8, 4) is 0 Å². The van der Waals surface area contributed by atoms with Gasteiger partial charge in [0.05, 0.1) is 5.56 Å². The third-order valence-electron chi connectivity index (χ3n) is 2.48. The van der Waals surface area contributed by atoms with Gasteiger partial charge in [0.25, 0.3) is 0 Å². The molecule has 0 amide bonds. The van der Waals surface area contributed by atoms with Gasteiger partial charge in [0.2, 0.25) is 0 Å². The van der Waals surface area contributed by atoms with E-state index in [1.54, 1.807) is 0 Å². The lowest BCUT2D eigenvalue weighted by atomic mass is 10.1. The molecule has 0 aromatic heterocycles. The van der Waals surface area contributed by atoms with Crippen LogP contribution in [0, 0.1) is 11.6 Å². The molecule has 0 saturated heterocycles. The summed E-state index contributed by atoms with van der Waals surface area (Å²) < 4.78 is 101. The molecule has 0 aliphatic rings. The van der Waals surface area contributed by atoms with Crippen LogP contribution in [0.1, 0.15) is 17.3 Å². The number of nitrogens with zero attached hydrogens (tertiary/aromatic N) is 1. The number of Topliss-reactive ketones (excluding diaryl/α,β-unsaturated/α-hetero) is 1. The quantitative estimate of drug-likeness (QED) is 0.610. The second kappa shape index (κ2) is 6.09. The summed E-state index contributed by atoms with van der Waals surface area (Å²) in [4.78, 5) is 10.7. The van der Waals surface area contributed by atoms with Crippen LogP contribution in [0.3, 0.4) is 0 Å². The Morgan fingerprint density at radius 1 is 0.955 bits per heavy atom. The first-order valence-corrected chi connectivity index (χ1v) is 5.68. The van der Waals surface area contributed by atoms with Gasteiger partial charge in [-0.1, -0.05) is 0 Å². The smallest absolute Gasteiger partial charge is 0.353 e. The summed E-state index contributed by atoms with van der Waals surface area (Å²) in [6.45, 7) is -3.29. The van der Waals surface area contributed by atoms with Crippen LogP contribution in [0.5, 0.6) is 0 Å². The first kappa shape index (κ1) is 18.2. The molecule has 0 spiro atoms. The minimum atomic E-state index is -5.02. The average Bonchev–Trinajstić information content (AvgIpc) is 2.22. The van der Waals surface area contributed by atoms with Gasteiger partial charge >= 0.3 is 12.4 Å². The van der Waals surface area contributed by atoms with Crippen LogP contribution in [-0.2, 0) is 0 Å². The van der Waals surface area contributed by atoms with Crippen molar-refractivity contribution in [1.82, 2.24) is 0 Å². The van der Waals surface area contributed by atoms with E-state index in [0.717, 1.165) is 6.92 Å². The molecular weight excluding hydrogens is 326 g/mol. The van der Waals surface area contributed by atoms with Crippen LogP contribution in [0.25, 0.3) is 0 Å². The van der Waals surface area contributed by atoms with E-state index in [0.29, 0.717) is 0 Å². The first-order valence-electron chi connectivity index (χ1n) is 5.68. The molecule has 0 bridgehead atoms. The number of rotatable bonds is 4. The number of ketones is 1. The van der Waals surface area contributed by atoms with E-state index in [9.17, 15) is 39.9 Å². The number of carbonyl (C=O) groups excluding carboxylic acids is 1. The molecule has 0 saturated carbocycles. The van der Waals surface area contributed by atoms with Crippen molar-refractivity contribution in [3.63, 3.8) is 0 Å². The van der Waals surface area contributed by atoms with Crippen molar-refractivity contribution in [3.05, 3.63) is 29.3 Å². The largest absolute Gasteiger partial charge is 0.405 e. The van der Waals surface area contributed by atoms with Crippen molar-refractivity contribution >= 4 is 11.5 Å². The third-order valence-corrected chi connectivity index (χ3v) is 2.48. The van der Waals surface area contributed by atoms with E-state index in [-0.39, 0.29) is 17.0 Å². The van der Waals surface area contributed by atoms with Crippen molar-refractivity contribution < 1.29 is 39.9 Å². The summed E-state index contributed by atoms with van der Waals surface area (Å²) in [5.41, 5.74) is -1.99. The Labute approximate surface area is 119 Å². The normalized spacial score (nSPS) is 12.4. The van der Waals surface area contributed by atoms with E-state index in [1.807, 2.05) is 0 Å². The molecule has 0 radical (unpaired) electrons. The second-order valence-electron chi connectivity index (χ2n) is 4.43. The van der Waals surface area contributed by atoms with Crippen LogP contribution in [-0.4, -0.2) is 31.2 Å². The molecule has 2 nitrogen and oxygen atoms in total. The number of hydrogen-bond acceptors (Lipinski definition) is 2. The van der Waals surface area contributed by atoms with Crippen LogP contribution < -0.4 is 4.90 Å². The fourth-order valence-electron chi connectivity index (χ4n) is 1.75. The molecule has 0 N–H and O–H groups in total. The Balaban J connectivity index is 3.28. The van der Waals surface area contributed by atoms with Crippen LogP contribution in [0.15, 0.2) is 12.1 Å². The Morgan fingerprint density at radius 2 is 1.32 bits per heavy atom. The minimum Gasteiger partial charge on any atom is -0.353 e. The van der Waals surface area contributed by atoms with Gasteiger partial charge in [-0.2, -0.15) is 26.3 Å². The standard InChI is InChI=1S/C12H9F8NO/c1-6(22)10-8(13)2-7(3-9(10)14)21(4-11(15,16)17)5-12(18,19)20/h2-3H,4-5H2,1H3. The second-order valence-corrected chi connectivity index (χ2v) is 4.43. The van der Waals surface area contributed by atoms with Crippen LogP contribution in [0.2, 0.25) is 0 Å². The Hall–Kier alpha value is -1.87. The molecule has 0 unspecified atom stereocenters. The van der Waals surface area contributed by atoms with Gasteiger partial charge in [0.1, 0.15) is 24.7 Å². The number of halogens is 8. The van der Waals surface area contributed by atoms with Gasteiger partial charge in [-0.25, -0.2) is 8.78 Å². The zero-order chi connectivity index (χ0) is 17.3. The highest BCUT2D eigenvalue weighted by molar-refractivity contribution is 5.95. The molecule has 0 heterocycles. The Kier molecular flexibility index (Phi) is 5.03. The van der Waals surface area contributed by atoms with E-state index >= 15 is 0 Å². The molecule has 1 aromatic carbocycles. The number of anilines is 1. The summed E-state index contributed by atoms with van der Waals surface area (Å²) in [5.74, 6) is -4.10. The predicted molar refractivity (Wildman–Crippen MR) is 60.7 cm³/mol. The van der Waals surface area contributed by atoms with Crippen molar-refractivity contribution in [2.24, 2.45) is 0 Å². The maximum absolute atomic E-state index is 13.5. The number of carbonyl (C=O) groups is 1. The highest BCUT2D eigenvalue weighted by Crippen LogP contribution is 2.29. The first-order chi connectivity index (χ1) is 9.80. The van der Waals surface area contributed by atoms with E-state index in [2.05, 4.69) is 0 Å². The van der Waals surface area contributed by atoms with Crippen LogP contribution >= 0.6 is 0 Å². The fourth-order valence-corrected chi connectivity index (χ4v) is 1.75. The van der Waals surface area contributed by atoms with Gasteiger partial charge in [-0.3, -0.25) is 4.79 Å². The highest BCUT2D eigenvalue weighted by Gasteiger charge is 2.38. The van der Waals surface area contributed by atoms with Gasteiger partial charge in [0, 0.05) is 5.69 Å². The number of alkyl halides is 6. The zero-order valence-electron chi connectivity index (χ0n) is 10.9. The zero-order valence-corrected chi connectivity index (χ0v) is 10.9. The van der Waals surface area contributed by atoms with E-state index in [1.165, 1.54) is 0 Å². The molecule has 124 valence electrons. The maximum atomic E-state index is 13.5. The lowest BCUT2D eigenvalue weighted by Gasteiger charge is -2.27. The lowest BCUT2D eigenvalue weighted by molar-refractivity contribution is -0.137. The molecule has 1 aromatic rings. The van der Waals surface area contributed by atoms with Gasteiger partial charge in [-0.05, 0) is 19.1 Å². The third kappa shape index (κ3) is 5.15. The van der Waals surface area contributed by atoms with E-state index < -0.39 is 54.1 Å². The summed E-state index contributed by atoms with van der Waals surface area (Å²) in [6.07, 6.45) is -10.0. The molecule has 22 heavy (non-hydrogen) atoms. The molecule has 0 aliphatic heterocycles. The summed E-state index contributed by atoms with van der Waals surface area (Å²) in [7, 11) is 0. The highest BCUT2D eigenvalue weighted by atomic mass is 19.4. The minimum absolute atomic E-state index is 0.261. The predicted octanol–water partition coefficient (Wildman–Crippen LogP) is 4.10. The monoisotopic (exact) mass is 335 g/mol. The molecular formula is C12H9F8NO. The summed E-state index contributed by atoms with van der Waals surface area (Å²) in [6, 6.07) is 0.522. The van der Waals surface area contributed by atoms with E-state index in [4.69, 9.17) is 0 Å². The summed E-state index contributed by atoms with van der Waals surface area (Å²) >= 11 is 0. The number of hydrogen-bond donors (Lipinski definition) is 0. The van der Waals surface area contributed by atoms with Crippen molar-refractivity contribution in [2.45, 2.75) is 19.3 Å². The summed E-state index contributed by atoms with van der Waals surface area (Å²) in [5, 5.41) is 0. The van der Waals surface area contributed by atoms with Gasteiger partial charge in [0.15, 0.2) is 5.78 Å². The molecule has 1 rings (SSSR count). The molecule has 10 heteroatoms. The molecule has 0 fully saturated rings. The maximum Gasteiger partial charge on any atom is 0.405 e. The fraction of sp³-hybridized carbons (Fsp3) is 0.417. The topological polar surface area (TPSA) is 20.3 Å². The Morgan fingerprint density at radius 3 is 1.59 bits per heavy atom. The molecule has 0 aliphatic carbocycles. The van der Waals surface area contributed by atoms with Gasteiger partial charge in [-0.15, -0.1) is 0 Å². The Bertz CT molecular complexity index is 524.